The molecular formula is C10H20O8S2. The van der Waals surface area contributed by atoms with Gasteiger partial charge in [0, 0.05) is 0 Å². The lowest BCUT2D eigenvalue weighted by atomic mass is 9.95. The third kappa shape index (κ3) is 6.02. The van der Waals surface area contributed by atoms with Crippen LogP contribution in [0.2, 0.25) is 0 Å². The Morgan fingerprint density at radius 2 is 1.15 bits per heavy atom. The molecule has 0 aliphatic heterocycles. The Hall–Kier alpha value is -0.260. The summed E-state index contributed by atoms with van der Waals surface area (Å²) >= 11 is 0. The van der Waals surface area contributed by atoms with Crippen molar-refractivity contribution in [2.75, 3.05) is 13.2 Å². The molecule has 0 spiro atoms. The zero-order valence-electron chi connectivity index (χ0n) is 11.5. The topological polar surface area (TPSA) is 105 Å². The van der Waals surface area contributed by atoms with Crippen LogP contribution in [-0.4, -0.2) is 42.3 Å². The largest absolute Gasteiger partial charge is 0.400 e. The van der Waals surface area contributed by atoms with Gasteiger partial charge in [0.25, 0.3) is 0 Å². The van der Waals surface area contributed by atoms with Crippen LogP contribution in [0.25, 0.3) is 0 Å². The molecule has 0 radical (unpaired) electrons. The summed E-state index contributed by atoms with van der Waals surface area (Å²) < 4.78 is 64.5. The van der Waals surface area contributed by atoms with Gasteiger partial charge < -0.3 is 0 Å². The van der Waals surface area contributed by atoms with Crippen LogP contribution in [0.4, 0.5) is 0 Å². The minimum atomic E-state index is -4.15. The number of hydrogen-bond acceptors (Lipinski definition) is 8. The van der Waals surface area contributed by atoms with Gasteiger partial charge in [-0.1, -0.05) is 12.8 Å². The van der Waals surface area contributed by atoms with Crippen molar-refractivity contribution in [2.24, 2.45) is 0 Å². The lowest BCUT2D eigenvalue weighted by Gasteiger charge is -2.29. The predicted molar refractivity (Wildman–Crippen MR) is 69.3 cm³/mol. The molecule has 0 unspecified atom stereocenters. The zero-order valence-corrected chi connectivity index (χ0v) is 13.1. The SMILES string of the molecule is CCOS(=O)(=O)O[C@H]1CCCC[C@H]1OS(=O)(=O)OCC. The molecule has 20 heavy (non-hydrogen) atoms. The Labute approximate surface area is 120 Å². The highest BCUT2D eigenvalue weighted by Crippen LogP contribution is 2.27. The van der Waals surface area contributed by atoms with Gasteiger partial charge in [0.15, 0.2) is 0 Å². The van der Waals surface area contributed by atoms with Crippen LogP contribution in [0.15, 0.2) is 0 Å². The minimum absolute atomic E-state index is 0.0577. The quantitative estimate of drug-likeness (QED) is 0.645. The molecule has 1 aliphatic carbocycles. The van der Waals surface area contributed by atoms with E-state index in [-0.39, 0.29) is 13.2 Å². The van der Waals surface area contributed by atoms with Gasteiger partial charge in [0.05, 0.1) is 13.2 Å². The summed E-state index contributed by atoms with van der Waals surface area (Å²) in [6, 6.07) is 0. The zero-order chi connectivity index (χ0) is 15.2. The maximum Gasteiger partial charge on any atom is 0.400 e. The molecule has 1 rings (SSSR count). The average Bonchev–Trinajstić information content (AvgIpc) is 2.30. The van der Waals surface area contributed by atoms with Gasteiger partial charge in [-0.15, -0.1) is 0 Å². The highest BCUT2D eigenvalue weighted by Gasteiger charge is 2.35. The van der Waals surface area contributed by atoms with E-state index in [0.29, 0.717) is 12.8 Å². The van der Waals surface area contributed by atoms with Crippen molar-refractivity contribution >= 4 is 20.8 Å². The molecule has 0 amide bonds. The fourth-order valence-corrected chi connectivity index (χ4v) is 3.66. The van der Waals surface area contributed by atoms with Gasteiger partial charge >= 0.3 is 20.8 Å². The number of hydrogen-bond donors (Lipinski definition) is 0. The molecule has 10 heteroatoms. The van der Waals surface area contributed by atoms with E-state index >= 15 is 0 Å². The van der Waals surface area contributed by atoms with Gasteiger partial charge in [-0.25, -0.2) is 16.7 Å². The summed E-state index contributed by atoms with van der Waals surface area (Å²) in [7, 11) is -8.30. The molecule has 0 aromatic carbocycles. The smallest absolute Gasteiger partial charge is 0.248 e. The van der Waals surface area contributed by atoms with Gasteiger partial charge in [-0.3, -0.25) is 0 Å². The van der Waals surface area contributed by atoms with E-state index in [1.165, 1.54) is 13.8 Å². The molecule has 120 valence electrons. The predicted octanol–water partition coefficient (Wildman–Crippen LogP) is 0.893. The molecule has 1 saturated carbocycles. The van der Waals surface area contributed by atoms with Crippen molar-refractivity contribution in [2.45, 2.75) is 51.7 Å². The first-order valence-electron chi connectivity index (χ1n) is 6.45. The minimum Gasteiger partial charge on any atom is -0.248 e. The first-order valence-corrected chi connectivity index (χ1v) is 9.11. The molecule has 0 aromatic rings. The Balaban J connectivity index is 2.72. The Kier molecular flexibility index (Phi) is 6.82. The molecule has 1 fully saturated rings. The third-order valence-corrected chi connectivity index (χ3v) is 4.66. The molecule has 2 atom stereocenters. The monoisotopic (exact) mass is 332 g/mol. The lowest BCUT2D eigenvalue weighted by Crippen LogP contribution is -2.38. The molecule has 0 aromatic heterocycles. The Bertz CT molecular complexity index is 437. The van der Waals surface area contributed by atoms with E-state index in [1.807, 2.05) is 0 Å². The van der Waals surface area contributed by atoms with Crippen molar-refractivity contribution < 1.29 is 33.6 Å². The fraction of sp³-hybridized carbons (Fsp3) is 1.00. The summed E-state index contributed by atoms with van der Waals surface area (Å²) in [5, 5.41) is 0. The molecule has 1 aliphatic rings. The van der Waals surface area contributed by atoms with Gasteiger partial charge in [0.1, 0.15) is 12.2 Å². The molecule has 0 saturated heterocycles. The second kappa shape index (κ2) is 7.66. The van der Waals surface area contributed by atoms with E-state index < -0.39 is 33.0 Å². The summed E-state index contributed by atoms with van der Waals surface area (Å²) in [6.45, 7) is 2.90. The van der Waals surface area contributed by atoms with Crippen LogP contribution in [0.5, 0.6) is 0 Å². The highest BCUT2D eigenvalue weighted by atomic mass is 32.3. The van der Waals surface area contributed by atoms with Crippen LogP contribution in [0, 0.1) is 0 Å². The second-order valence-electron chi connectivity index (χ2n) is 4.18. The van der Waals surface area contributed by atoms with Crippen LogP contribution in [0.1, 0.15) is 39.5 Å². The van der Waals surface area contributed by atoms with Crippen LogP contribution >= 0.6 is 0 Å². The summed E-state index contributed by atoms with van der Waals surface area (Å²) in [6.07, 6.45) is 0.407. The Morgan fingerprint density at radius 1 is 0.800 bits per heavy atom. The maximum absolute atomic E-state index is 11.5. The summed E-state index contributed by atoms with van der Waals surface area (Å²) in [5.74, 6) is 0. The van der Waals surface area contributed by atoms with Crippen molar-refractivity contribution in [3.05, 3.63) is 0 Å². The molecule has 0 bridgehead atoms. The van der Waals surface area contributed by atoms with Crippen molar-refractivity contribution in [3.8, 4) is 0 Å². The van der Waals surface area contributed by atoms with E-state index in [0.717, 1.165) is 12.8 Å². The van der Waals surface area contributed by atoms with Crippen LogP contribution < -0.4 is 0 Å². The Morgan fingerprint density at radius 3 is 1.45 bits per heavy atom. The fourth-order valence-electron chi connectivity index (χ4n) is 1.93. The summed E-state index contributed by atoms with van der Waals surface area (Å²) in [5.41, 5.74) is 0. The van der Waals surface area contributed by atoms with E-state index in [1.54, 1.807) is 0 Å². The van der Waals surface area contributed by atoms with Gasteiger partial charge in [-0.2, -0.15) is 16.8 Å². The normalized spacial score (nSPS) is 24.7. The first-order chi connectivity index (χ1) is 9.29. The molecular weight excluding hydrogens is 312 g/mol. The summed E-state index contributed by atoms with van der Waals surface area (Å²) in [4.78, 5) is 0. The highest BCUT2D eigenvalue weighted by molar-refractivity contribution is 7.82. The number of rotatable bonds is 8. The standard InChI is InChI=1S/C10H20O8S2/c1-3-15-19(11,12)17-9-7-5-6-8-10(9)18-20(13,14)16-4-2/h9-10H,3-8H2,1-2H3/t9-,10+. The van der Waals surface area contributed by atoms with Crippen molar-refractivity contribution in [1.82, 2.24) is 0 Å². The van der Waals surface area contributed by atoms with Crippen LogP contribution in [-0.2, 0) is 37.5 Å². The van der Waals surface area contributed by atoms with Crippen molar-refractivity contribution in [1.29, 1.82) is 0 Å². The maximum atomic E-state index is 11.5. The molecule has 8 nitrogen and oxygen atoms in total. The van der Waals surface area contributed by atoms with Crippen LogP contribution in [0.3, 0.4) is 0 Å². The lowest BCUT2D eigenvalue weighted by molar-refractivity contribution is 0.0111. The van der Waals surface area contributed by atoms with E-state index in [2.05, 4.69) is 8.37 Å². The van der Waals surface area contributed by atoms with Gasteiger partial charge in [-0.05, 0) is 26.7 Å². The second-order valence-corrected chi connectivity index (χ2v) is 6.67. The van der Waals surface area contributed by atoms with E-state index in [9.17, 15) is 16.8 Å². The van der Waals surface area contributed by atoms with Crippen molar-refractivity contribution in [3.63, 3.8) is 0 Å². The third-order valence-electron chi connectivity index (χ3n) is 2.65. The van der Waals surface area contributed by atoms with Gasteiger partial charge in [0.2, 0.25) is 0 Å². The first kappa shape index (κ1) is 17.8. The molecule has 0 heterocycles. The average molecular weight is 332 g/mol. The van der Waals surface area contributed by atoms with E-state index in [4.69, 9.17) is 8.37 Å². The molecule has 0 N–H and O–H groups in total.